The lowest BCUT2D eigenvalue weighted by Crippen LogP contribution is -2.17. The molecule has 1 heterocycles. The fourth-order valence-corrected chi connectivity index (χ4v) is 2.76. The molecule has 96 valence electrons. The van der Waals surface area contributed by atoms with Crippen molar-refractivity contribution >= 4 is 10.9 Å². The van der Waals surface area contributed by atoms with Gasteiger partial charge in [0, 0.05) is 18.3 Å². The number of nitrogens with two attached hydrogens (primary N) is 1. The van der Waals surface area contributed by atoms with Crippen LogP contribution in [0, 0.1) is 5.92 Å². The summed E-state index contributed by atoms with van der Waals surface area (Å²) in [6, 6.07) is 9.00. The van der Waals surface area contributed by atoms with Gasteiger partial charge in [0.1, 0.15) is 0 Å². The summed E-state index contributed by atoms with van der Waals surface area (Å²) in [4.78, 5) is 0. The summed E-state index contributed by atoms with van der Waals surface area (Å²) in [5, 5.41) is 1.35. The number of aromatic nitrogens is 1. The SMILES string of the molecule is CC(CN)c1ccc2ccn(CC3CCC3)c2c1. The molecule has 1 aliphatic carbocycles. The molecule has 1 fully saturated rings. The minimum atomic E-state index is 0.446. The van der Waals surface area contributed by atoms with Crippen molar-refractivity contribution in [3.05, 3.63) is 36.0 Å². The minimum absolute atomic E-state index is 0.446. The van der Waals surface area contributed by atoms with Crippen molar-refractivity contribution in [2.45, 2.75) is 38.6 Å². The molecule has 1 atom stereocenters. The van der Waals surface area contributed by atoms with Gasteiger partial charge < -0.3 is 10.3 Å². The van der Waals surface area contributed by atoms with Gasteiger partial charge in [0.2, 0.25) is 0 Å². The van der Waals surface area contributed by atoms with Gasteiger partial charge in [0.05, 0.1) is 0 Å². The molecule has 2 heteroatoms. The third-order valence-corrected chi connectivity index (χ3v) is 4.40. The second-order valence-electron chi connectivity index (χ2n) is 5.72. The van der Waals surface area contributed by atoms with Gasteiger partial charge in [-0.2, -0.15) is 0 Å². The maximum atomic E-state index is 5.77. The van der Waals surface area contributed by atoms with Gasteiger partial charge in [-0.25, -0.2) is 0 Å². The average Bonchev–Trinajstić information content (AvgIpc) is 2.75. The van der Waals surface area contributed by atoms with Crippen LogP contribution in [0.25, 0.3) is 10.9 Å². The Bertz CT molecular complexity index is 537. The van der Waals surface area contributed by atoms with Gasteiger partial charge in [0.15, 0.2) is 0 Å². The summed E-state index contributed by atoms with van der Waals surface area (Å²) in [5.74, 6) is 1.35. The maximum Gasteiger partial charge on any atom is 0.0483 e. The molecular weight excluding hydrogens is 220 g/mol. The van der Waals surface area contributed by atoms with Crippen molar-refractivity contribution in [2.24, 2.45) is 11.7 Å². The first-order valence-electron chi connectivity index (χ1n) is 7.07. The fourth-order valence-electron chi connectivity index (χ4n) is 2.76. The molecular formula is C16H22N2. The summed E-state index contributed by atoms with van der Waals surface area (Å²) in [5.41, 5.74) is 8.50. The van der Waals surface area contributed by atoms with E-state index in [1.165, 1.54) is 42.3 Å². The van der Waals surface area contributed by atoms with Gasteiger partial charge in [-0.05, 0) is 54.3 Å². The van der Waals surface area contributed by atoms with Crippen LogP contribution in [0.15, 0.2) is 30.5 Å². The lowest BCUT2D eigenvalue weighted by molar-refractivity contribution is 0.280. The van der Waals surface area contributed by atoms with Crippen molar-refractivity contribution in [3.63, 3.8) is 0 Å². The van der Waals surface area contributed by atoms with E-state index in [1.807, 2.05) is 0 Å². The van der Waals surface area contributed by atoms with E-state index in [0.29, 0.717) is 5.92 Å². The van der Waals surface area contributed by atoms with Crippen LogP contribution < -0.4 is 5.73 Å². The molecule has 2 N–H and O–H groups in total. The Balaban J connectivity index is 1.93. The van der Waals surface area contributed by atoms with E-state index < -0.39 is 0 Å². The van der Waals surface area contributed by atoms with E-state index >= 15 is 0 Å². The summed E-state index contributed by atoms with van der Waals surface area (Å²) < 4.78 is 2.42. The van der Waals surface area contributed by atoms with Crippen LogP contribution >= 0.6 is 0 Å². The topological polar surface area (TPSA) is 30.9 Å². The zero-order chi connectivity index (χ0) is 12.5. The zero-order valence-electron chi connectivity index (χ0n) is 11.1. The van der Waals surface area contributed by atoms with E-state index in [-0.39, 0.29) is 0 Å². The summed E-state index contributed by atoms with van der Waals surface area (Å²) >= 11 is 0. The highest BCUT2D eigenvalue weighted by Crippen LogP contribution is 2.30. The molecule has 3 rings (SSSR count). The highest BCUT2D eigenvalue weighted by Gasteiger charge is 2.18. The van der Waals surface area contributed by atoms with Crippen LogP contribution in [0.4, 0.5) is 0 Å². The molecule has 0 spiro atoms. The fraction of sp³-hybridized carbons (Fsp3) is 0.500. The standard InChI is InChI=1S/C16H22N2/c1-12(10-17)15-6-5-14-7-8-18(16(14)9-15)11-13-3-2-4-13/h5-9,12-13H,2-4,10-11,17H2,1H3. The van der Waals surface area contributed by atoms with Crippen molar-refractivity contribution in [1.82, 2.24) is 4.57 Å². The molecule has 0 saturated heterocycles. The Morgan fingerprint density at radius 3 is 2.83 bits per heavy atom. The Labute approximate surface area is 109 Å². The molecule has 0 bridgehead atoms. The van der Waals surface area contributed by atoms with Crippen molar-refractivity contribution in [3.8, 4) is 0 Å². The third-order valence-electron chi connectivity index (χ3n) is 4.40. The average molecular weight is 242 g/mol. The highest BCUT2D eigenvalue weighted by molar-refractivity contribution is 5.81. The van der Waals surface area contributed by atoms with E-state index in [2.05, 4.69) is 42.0 Å². The molecule has 0 aliphatic heterocycles. The summed E-state index contributed by atoms with van der Waals surface area (Å²) in [6.45, 7) is 4.10. The number of nitrogens with zero attached hydrogens (tertiary/aromatic N) is 1. The Morgan fingerprint density at radius 2 is 2.17 bits per heavy atom. The molecule has 2 aromatic rings. The van der Waals surface area contributed by atoms with E-state index in [9.17, 15) is 0 Å². The summed E-state index contributed by atoms with van der Waals surface area (Å²) in [7, 11) is 0. The van der Waals surface area contributed by atoms with Crippen LogP contribution in [-0.4, -0.2) is 11.1 Å². The smallest absolute Gasteiger partial charge is 0.0483 e. The molecule has 0 amide bonds. The van der Waals surface area contributed by atoms with Crippen LogP contribution in [0.1, 0.15) is 37.7 Å². The number of rotatable bonds is 4. The third kappa shape index (κ3) is 2.05. The molecule has 2 nitrogen and oxygen atoms in total. The van der Waals surface area contributed by atoms with Crippen LogP contribution in [0.3, 0.4) is 0 Å². The maximum absolute atomic E-state index is 5.77. The predicted octanol–water partition coefficient (Wildman–Crippen LogP) is 3.50. The second-order valence-corrected chi connectivity index (χ2v) is 5.72. The zero-order valence-corrected chi connectivity index (χ0v) is 11.1. The molecule has 18 heavy (non-hydrogen) atoms. The van der Waals surface area contributed by atoms with Crippen LogP contribution in [0.2, 0.25) is 0 Å². The lowest BCUT2D eigenvalue weighted by Gasteiger charge is -2.26. The van der Waals surface area contributed by atoms with Gasteiger partial charge in [-0.15, -0.1) is 0 Å². The molecule has 1 aromatic heterocycles. The minimum Gasteiger partial charge on any atom is -0.347 e. The van der Waals surface area contributed by atoms with Crippen molar-refractivity contribution in [2.75, 3.05) is 6.54 Å². The molecule has 1 unspecified atom stereocenters. The number of fused-ring (bicyclic) bond motifs is 1. The van der Waals surface area contributed by atoms with Gasteiger partial charge in [0.25, 0.3) is 0 Å². The number of hydrogen-bond donors (Lipinski definition) is 1. The highest BCUT2D eigenvalue weighted by atomic mass is 15.0. The van der Waals surface area contributed by atoms with Gasteiger partial charge in [-0.3, -0.25) is 0 Å². The molecule has 0 radical (unpaired) electrons. The summed E-state index contributed by atoms with van der Waals surface area (Å²) in [6.07, 6.45) is 6.45. The van der Waals surface area contributed by atoms with Gasteiger partial charge in [-0.1, -0.05) is 25.5 Å². The van der Waals surface area contributed by atoms with Crippen LogP contribution in [0.5, 0.6) is 0 Å². The molecule has 1 saturated carbocycles. The number of benzene rings is 1. The second kappa shape index (κ2) is 4.77. The van der Waals surface area contributed by atoms with E-state index in [1.54, 1.807) is 0 Å². The first-order valence-corrected chi connectivity index (χ1v) is 7.07. The normalized spacial score (nSPS) is 17.9. The lowest BCUT2D eigenvalue weighted by atomic mass is 9.85. The molecule has 1 aromatic carbocycles. The quantitative estimate of drug-likeness (QED) is 0.874. The predicted molar refractivity (Wildman–Crippen MR) is 76.7 cm³/mol. The Kier molecular flexibility index (Phi) is 3.13. The first-order chi connectivity index (χ1) is 8.78. The molecule has 1 aliphatic rings. The van der Waals surface area contributed by atoms with Crippen LogP contribution in [-0.2, 0) is 6.54 Å². The first kappa shape index (κ1) is 11.8. The van der Waals surface area contributed by atoms with E-state index in [0.717, 1.165) is 12.5 Å². The van der Waals surface area contributed by atoms with E-state index in [4.69, 9.17) is 5.73 Å². The van der Waals surface area contributed by atoms with Gasteiger partial charge >= 0.3 is 0 Å². The monoisotopic (exact) mass is 242 g/mol. The van der Waals surface area contributed by atoms with Crippen molar-refractivity contribution in [1.29, 1.82) is 0 Å². The van der Waals surface area contributed by atoms with Crippen molar-refractivity contribution < 1.29 is 0 Å². The Hall–Kier alpha value is -1.28. The Morgan fingerprint density at radius 1 is 1.33 bits per heavy atom. The number of hydrogen-bond acceptors (Lipinski definition) is 1. The largest absolute Gasteiger partial charge is 0.347 e.